The number of nitrogens with zero attached hydrogens (tertiary/aromatic N) is 3. The Morgan fingerprint density at radius 2 is 2.08 bits per heavy atom. The lowest BCUT2D eigenvalue weighted by Crippen LogP contribution is -2.61. The zero-order valence-electron chi connectivity index (χ0n) is 14.0. The second kappa shape index (κ2) is 7.53. The number of carbonyl (C=O) groups excluding carboxylic acids is 2. The van der Waals surface area contributed by atoms with Crippen LogP contribution in [0.3, 0.4) is 0 Å². The van der Waals surface area contributed by atoms with E-state index in [-0.39, 0.29) is 36.5 Å². The van der Waals surface area contributed by atoms with Gasteiger partial charge in [-0.15, -0.1) is 12.4 Å². The molecule has 0 radical (unpaired) electrons. The summed E-state index contributed by atoms with van der Waals surface area (Å²) in [5.74, 6) is 0.209. The van der Waals surface area contributed by atoms with Crippen LogP contribution in [0, 0.1) is 0 Å². The Balaban J connectivity index is 0.00000208. The smallest absolute Gasteiger partial charge is 0.276 e. The summed E-state index contributed by atoms with van der Waals surface area (Å²) in [6, 6.07) is 0. The van der Waals surface area contributed by atoms with Crippen LogP contribution in [0.4, 0.5) is 0 Å². The number of aromatic nitrogens is 1. The second-order valence-corrected chi connectivity index (χ2v) is 6.32. The van der Waals surface area contributed by atoms with Gasteiger partial charge in [0.1, 0.15) is 11.8 Å². The molecule has 0 aliphatic carbocycles. The van der Waals surface area contributed by atoms with E-state index in [9.17, 15) is 9.59 Å². The summed E-state index contributed by atoms with van der Waals surface area (Å²) in [4.78, 5) is 33.6. The minimum atomic E-state index is -0.688. The van der Waals surface area contributed by atoms with Gasteiger partial charge in [-0.05, 0) is 32.1 Å². The maximum Gasteiger partial charge on any atom is 0.276 e. The van der Waals surface area contributed by atoms with Gasteiger partial charge in [0.25, 0.3) is 5.91 Å². The van der Waals surface area contributed by atoms with Crippen LogP contribution in [-0.4, -0.2) is 51.8 Å². The quantitative estimate of drug-likeness (QED) is 0.883. The molecule has 1 aromatic heterocycles. The predicted molar refractivity (Wildman–Crippen MR) is 90.7 cm³/mol. The van der Waals surface area contributed by atoms with Gasteiger partial charge in [-0.2, -0.15) is 0 Å². The van der Waals surface area contributed by atoms with Crippen LogP contribution >= 0.6 is 12.4 Å². The van der Waals surface area contributed by atoms with Gasteiger partial charge in [-0.3, -0.25) is 9.59 Å². The van der Waals surface area contributed by atoms with Crippen LogP contribution < -0.4 is 5.73 Å². The molecule has 3 rings (SSSR count). The van der Waals surface area contributed by atoms with Crippen molar-refractivity contribution in [1.29, 1.82) is 0 Å². The van der Waals surface area contributed by atoms with Crippen molar-refractivity contribution in [2.75, 3.05) is 19.6 Å². The number of likely N-dealkylation sites (tertiary alicyclic amines) is 2. The molecule has 7 nitrogen and oxygen atoms in total. The second-order valence-electron chi connectivity index (χ2n) is 6.32. The molecule has 2 aliphatic heterocycles. The third-order valence-electron chi connectivity index (χ3n) is 4.88. The van der Waals surface area contributed by atoms with Crippen molar-refractivity contribution in [3.63, 3.8) is 0 Å². The molecule has 2 aliphatic rings. The Hall–Kier alpha value is -1.60. The van der Waals surface area contributed by atoms with Crippen LogP contribution in [0.1, 0.15) is 55.4 Å². The summed E-state index contributed by atoms with van der Waals surface area (Å²) in [6.07, 6.45) is 5.52. The van der Waals surface area contributed by atoms with Gasteiger partial charge in [-0.1, -0.05) is 6.92 Å². The SMILES string of the molecule is CCCN1CCCC2(CCCN2C(=O)c2coc(CN)n2)C1=O.Cl. The standard InChI is InChI=1S/C16H24N4O3.ClH/c1-2-7-19-8-3-5-16(15(19)22)6-4-9-20(16)14(21)12-11-23-13(10-17)18-12;/h11H,2-10,17H2,1H3;1H. The molecule has 134 valence electrons. The lowest BCUT2D eigenvalue weighted by atomic mass is 9.85. The monoisotopic (exact) mass is 356 g/mol. The molecule has 2 fully saturated rings. The van der Waals surface area contributed by atoms with Crippen molar-refractivity contribution in [1.82, 2.24) is 14.8 Å². The van der Waals surface area contributed by atoms with E-state index in [1.807, 2.05) is 4.90 Å². The molecule has 0 saturated carbocycles. The number of halogens is 1. The first kappa shape index (κ1) is 18.7. The Morgan fingerprint density at radius 1 is 1.38 bits per heavy atom. The third kappa shape index (κ3) is 3.02. The summed E-state index contributed by atoms with van der Waals surface area (Å²) in [5.41, 5.74) is 5.04. The molecule has 0 aromatic carbocycles. The molecule has 2 N–H and O–H groups in total. The average molecular weight is 357 g/mol. The summed E-state index contributed by atoms with van der Waals surface area (Å²) in [6.45, 7) is 4.36. The molecule has 1 spiro atoms. The molecule has 24 heavy (non-hydrogen) atoms. The van der Waals surface area contributed by atoms with Gasteiger partial charge >= 0.3 is 0 Å². The maximum atomic E-state index is 13.0. The molecule has 2 amide bonds. The van der Waals surface area contributed by atoms with E-state index >= 15 is 0 Å². The number of hydrogen-bond acceptors (Lipinski definition) is 5. The Kier molecular flexibility index (Phi) is 5.87. The lowest BCUT2D eigenvalue weighted by Gasteiger charge is -2.44. The first-order valence-corrected chi connectivity index (χ1v) is 8.38. The zero-order valence-corrected chi connectivity index (χ0v) is 14.8. The number of piperidine rings is 1. The highest BCUT2D eigenvalue weighted by Gasteiger charge is 2.52. The van der Waals surface area contributed by atoms with E-state index in [1.165, 1.54) is 6.26 Å². The van der Waals surface area contributed by atoms with Crippen LogP contribution in [0.15, 0.2) is 10.7 Å². The van der Waals surface area contributed by atoms with Gasteiger partial charge in [-0.25, -0.2) is 4.98 Å². The number of rotatable bonds is 4. The summed E-state index contributed by atoms with van der Waals surface area (Å²) >= 11 is 0. The van der Waals surface area contributed by atoms with Gasteiger partial charge < -0.3 is 20.0 Å². The Morgan fingerprint density at radius 3 is 2.71 bits per heavy atom. The van der Waals surface area contributed by atoms with E-state index in [0.29, 0.717) is 12.4 Å². The third-order valence-corrected chi connectivity index (χ3v) is 4.88. The number of carbonyl (C=O) groups is 2. The van der Waals surface area contributed by atoms with Crippen LogP contribution in [0.25, 0.3) is 0 Å². The fourth-order valence-corrected chi connectivity index (χ4v) is 3.85. The molecule has 8 heteroatoms. The predicted octanol–water partition coefficient (Wildman–Crippen LogP) is 1.56. The van der Waals surface area contributed by atoms with Crippen molar-refractivity contribution < 1.29 is 14.0 Å². The van der Waals surface area contributed by atoms with Crippen molar-refractivity contribution in [3.05, 3.63) is 17.8 Å². The lowest BCUT2D eigenvalue weighted by molar-refractivity contribution is -0.145. The van der Waals surface area contributed by atoms with E-state index in [2.05, 4.69) is 11.9 Å². The highest BCUT2D eigenvalue weighted by atomic mass is 35.5. The van der Waals surface area contributed by atoms with Gasteiger partial charge in [0.2, 0.25) is 11.8 Å². The number of hydrogen-bond donors (Lipinski definition) is 1. The van der Waals surface area contributed by atoms with Crippen molar-refractivity contribution in [2.45, 2.75) is 51.1 Å². The molecule has 1 atom stereocenters. The summed E-state index contributed by atoms with van der Waals surface area (Å²) in [7, 11) is 0. The highest BCUT2D eigenvalue weighted by molar-refractivity contribution is 5.98. The topological polar surface area (TPSA) is 92.7 Å². The van der Waals surface area contributed by atoms with Gasteiger partial charge in [0.05, 0.1) is 6.54 Å². The van der Waals surface area contributed by atoms with E-state index in [1.54, 1.807) is 4.90 Å². The number of oxazole rings is 1. The molecular formula is C16H25ClN4O3. The summed E-state index contributed by atoms with van der Waals surface area (Å²) < 4.78 is 5.18. The average Bonchev–Trinajstić information content (AvgIpc) is 3.19. The van der Waals surface area contributed by atoms with Crippen molar-refractivity contribution in [3.8, 4) is 0 Å². The van der Waals surface area contributed by atoms with Crippen LogP contribution in [0.5, 0.6) is 0 Å². The zero-order chi connectivity index (χ0) is 16.4. The fraction of sp³-hybridized carbons (Fsp3) is 0.688. The Labute approximate surface area is 148 Å². The number of amides is 2. The van der Waals surface area contributed by atoms with Crippen molar-refractivity contribution >= 4 is 24.2 Å². The molecule has 3 heterocycles. The first-order valence-electron chi connectivity index (χ1n) is 8.38. The maximum absolute atomic E-state index is 13.0. The van der Waals surface area contributed by atoms with E-state index < -0.39 is 5.54 Å². The van der Waals surface area contributed by atoms with Crippen molar-refractivity contribution in [2.24, 2.45) is 5.73 Å². The molecular weight excluding hydrogens is 332 g/mol. The molecule has 1 aromatic rings. The van der Waals surface area contributed by atoms with Gasteiger partial charge in [0.15, 0.2) is 5.69 Å². The van der Waals surface area contributed by atoms with Crippen LogP contribution in [0.2, 0.25) is 0 Å². The minimum absolute atomic E-state index is 0. The molecule has 0 bridgehead atoms. The van der Waals surface area contributed by atoms with Gasteiger partial charge in [0, 0.05) is 19.6 Å². The largest absolute Gasteiger partial charge is 0.447 e. The fourth-order valence-electron chi connectivity index (χ4n) is 3.85. The molecule has 1 unspecified atom stereocenters. The first-order chi connectivity index (χ1) is 11.1. The highest BCUT2D eigenvalue weighted by Crippen LogP contribution is 2.39. The Bertz CT molecular complexity index is 604. The van der Waals surface area contributed by atoms with E-state index in [4.69, 9.17) is 10.2 Å². The number of nitrogens with two attached hydrogens (primary N) is 1. The normalized spacial score (nSPS) is 23.7. The minimum Gasteiger partial charge on any atom is -0.447 e. The molecule has 2 saturated heterocycles. The van der Waals surface area contributed by atoms with Crippen LogP contribution in [-0.2, 0) is 11.3 Å². The van der Waals surface area contributed by atoms with E-state index in [0.717, 1.165) is 45.2 Å². The summed E-state index contributed by atoms with van der Waals surface area (Å²) in [5, 5.41) is 0.